The van der Waals surface area contributed by atoms with Gasteiger partial charge in [-0.2, -0.15) is 0 Å². The Morgan fingerprint density at radius 2 is 2.00 bits per heavy atom. The predicted molar refractivity (Wildman–Crippen MR) is 109 cm³/mol. The number of amides is 1. The van der Waals surface area contributed by atoms with Crippen LogP contribution in [0.4, 0.5) is 0 Å². The van der Waals surface area contributed by atoms with E-state index in [0.717, 1.165) is 10.5 Å². The average Bonchev–Trinajstić information content (AvgIpc) is 3.11. The van der Waals surface area contributed by atoms with E-state index in [2.05, 4.69) is 26.4 Å². The lowest BCUT2D eigenvalue weighted by Crippen LogP contribution is -2.30. The van der Waals surface area contributed by atoms with Gasteiger partial charge in [0, 0.05) is 29.4 Å². The van der Waals surface area contributed by atoms with E-state index in [-0.39, 0.29) is 11.0 Å². The highest BCUT2D eigenvalue weighted by molar-refractivity contribution is 9.10. The van der Waals surface area contributed by atoms with Crippen LogP contribution in [0.5, 0.6) is 0 Å². The normalized spacial score (nSPS) is 10.8. The van der Waals surface area contributed by atoms with Crippen molar-refractivity contribution in [1.29, 1.82) is 0 Å². The molecule has 3 aromatic rings. The van der Waals surface area contributed by atoms with Crippen molar-refractivity contribution in [2.24, 2.45) is 0 Å². The van der Waals surface area contributed by atoms with E-state index in [1.807, 2.05) is 30.5 Å². The fourth-order valence-electron chi connectivity index (χ4n) is 2.56. The van der Waals surface area contributed by atoms with Crippen LogP contribution in [0.15, 0.2) is 55.2 Å². The third-order valence-electron chi connectivity index (χ3n) is 4.10. The van der Waals surface area contributed by atoms with Gasteiger partial charge < -0.3 is 14.4 Å². The minimum absolute atomic E-state index is 0.0360. The largest absolute Gasteiger partial charge is 0.360 e. The van der Waals surface area contributed by atoms with Crippen molar-refractivity contribution >= 4 is 33.6 Å². The fourth-order valence-corrected chi connectivity index (χ4v) is 3.37. The van der Waals surface area contributed by atoms with E-state index >= 15 is 0 Å². The van der Waals surface area contributed by atoms with Crippen molar-refractivity contribution in [1.82, 2.24) is 15.0 Å². The molecule has 0 saturated carbocycles. The number of nitrogens with one attached hydrogen (secondary N) is 1. The third kappa shape index (κ3) is 4.17. The number of thioether (sulfide) groups is 1. The molecule has 6 nitrogen and oxygen atoms in total. The number of aromatic nitrogens is 2. The lowest BCUT2D eigenvalue weighted by molar-refractivity contribution is 0.0949. The maximum atomic E-state index is 12.6. The quantitative estimate of drug-likeness (QED) is 0.600. The van der Waals surface area contributed by atoms with Crippen LogP contribution in [0.25, 0.3) is 5.82 Å². The molecule has 27 heavy (non-hydrogen) atoms. The number of rotatable bonds is 5. The molecule has 0 unspecified atom stereocenters. The van der Waals surface area contributed by atoms with Gasteiger partial charge in [-0.3, -0.25) is 9.59 Å². The highest BCUT2D eigenvalue weighted by atomic mass is 79.9. The van der Waals surface area contributed by atoms with Crippen molar-refractivity contribution < 1.29 is 9.32 Å². The van der Waals surface area contributed by atoms with E-state index in [1.54, 1.807) is 36.2 Å². The Hall–Kier alpha value is -2.32. The van der Waals surface area contributed by atoms with Gasteiger partial charge in [0.25, 0.3) is 5.91 Å². The van der Waals surface area contributed by atoms with Gasteiger partial charge in [0.15, 0.2) is 5.82 Å². The zero-order chi connectivity index (χ0) is 19.6. The summed E-state index contributed by atoms with van der Waals surface area (Å²) in [6, 6.07) is 9.63. The summed E-state index contributed by atoms with van der Waals surface area (Å²) in [6.07, 6.45) is 3.50. The van der Waals surface area contributed by atoms with Gasteiger partial charge >= 0.3 is 0 Å². The van der Waals surface area contributed by atoms with Crippen molar-refractivity contribution in [3.63, 3.8) is 0 Å². The van der Waals surface area contributed by atoms with Gasteiger partial charge in [0.05, 0.1) is 4.47 Å². The summed E-state index contributed by atoms with van der Waals surface area (Å²) >= 11 is 4.95. The highest BCUT2D eigenvalue weighted by Gasteiger charge is 2.18. The van der Waals surface area contributed by atoms with E-state index in [9.17, 15) is 9.59 Å². The Morgan fingerprint density at radius 1 is 1.30 bits per heavy atom. The second kappa shape index (κ2) is 8.14. The standard InChI is InChI=1S/C19H18BrN3O3S/c1-11-8-16(22-26-11)23-10-15(18(24)17(20)12(23)2)19(25)21-9-13-4-6-14(27-3)7-5-13/h4-8,10H,9H2,1-3H3,(H,21,25). The molecule has 1 N–H and O–H groups in total. The molecular weight excluding hydrogens is 430 g/mol. The molecule has 1 aromatic carbocycles. The molecule has 0 aliphatic heterocycles. The molecule has 3 rings (SSSR count). The first kappa shape index (κ1) is 19.4. The molecule has 140 valence electrons. The highest BCUT2D eigenvalue weighted by Crippen LogP contribution is 2.18. The number of aryl methyl sites for hydroxylation is 1. The van der Waals surface area contributed by atoms with Gasteiger partial charge in [-0.05, 0) is 53.7 Å². The summed E-state index contributed by atoms with van der Waals surface area (Å²) in [5, 5.41) is 6.76. The zero-order valence-electron chi connectivity index (χ0n) is 15.1. The Morgan fingerprint density at radius 3 is 2.59 bits per heavy atom. The van der Waals surface area contributed by atoms with E-state index in [1.165, 1.54) is 6.20 Å². The first-order valence-corrected chi connectivity index (χ1v) is 10.2. The number of hydrogen-bond donors (Lipinski definition) is 1. The van der Waals surface area contributed by atoms with E-state index < -0.39 is 5.91 Å². The smallest absolute Gasteiger partial charge is 0.257 e. The van der Waals surface area contributed by atoms with Crippen LogP contribution in [0.1, 0.15) is 27.4 Å². The summed E-state index contributed by atoms with van der Waals surface area (Å²) in [4.78, 5) is 26.3. The van der Waals surface area contributed by atoms with E-state index in [4.69, 9.17) is 4.52 Å². The minimum Gasteiger partial charge on any atom is -0.360 e. The minimum atomic E-state index is -0.441. The molecule has 0 atom stereocenters. The van der Waals surface area contributed by atoms with Gasteiger partial charge in [-0.25, -0.2) is 0 Å². The van der Waals surface area contributed by atoms with Crippen LogP contribution < -0.4 is 10.7 Å². The number of nitrogens with zero attached hydrogens (tertiary/aromatic N) is 2. The second-order valence-electron chi connectivity index (χ2n) is 5.97. The third-order valence-corrected chi connectivity index (χ3v) is 5.78. The first-order chi connectivity index (χ1) is 12.9. The maximum Gasteiger partial charge on any atom is 0.257 e. The summed E-state index contributed by atoms with van der Waals surface area (Å²) in [7, 11) is 0. The van der Waals surface area contributed by atoms with Crippen molar-refractivity contribution in [2.75, 3.05) is 6.26 Å². The van der Waals surface area contributed by atoms with Crippen LogP contribution in [0.2, 0.25) is 0 Å². The molecule has 0 aliphatic rings. The predicted octanol–water partition coefficient (Wildman–Crippen LogP) is 3.86. The zero-order valence-corrected chi connectivity index (χ0v) is 17.5. The number of halogens is 1. The summed E-state index contributed by atoms with van der Waals surface area (Å²) in [5.74, 6) is 0.704. The van der Waals surface area contributed by atoms with Crippen LogP contribution in [0.3, 0.4) is 0 Å². The topological polar surface area (TPSA) is 77.1 Å². The molecular formula is C19H18BrN3O3S. The Kier molecular flexibility index (Phi) is 5.86. The van der Waals surface area contributed by atoms with Crippen LogP contribution in [-0.2, 0) is 6.54 Å². The van der Waals surface area contributed by atoms with Gasteiger partial charge in [-0.1, -0.05) is 17.3 Å². The number of carbonyl (C=O) groups excluding carboxylic acids is 1. The number of pyridine rings is 1. The average molecular weight is 448 g/mol. The van der Waals surface area contributed by atoms with Crippen molar-refractivity contribution in [3.05, 3.63) is 73.8 Å². The molecule has 2 aromatic heterocycles. The molecule has 0 bridgehead atoms. The van der Waals surface area contributed by atoms with Crippen molar-refractivity contribution in [3.8, 4) is 5.82 Å². The molecule has 0 radical (unpaired) electrons. The molecule has 0 fully saturated rings. The fraction of sp³-hybridized carbons (Fsp3) is 0.211. The monoisotopic (exact) mass is 447 g/mol. The van der Waals surface area contributed by atoms with Crippen LogP contribution >= 0.6 is 27.7 Å². The van der Waals surface area contributed by atoms with Gasteiger partial charge in [0.1, 0.15) is 11.3 Å². The van der Waals surface area contributed by atoms with Crippen LogP contribution in [-0.4, -0.2) is 21.9 Å². The number of hydrogen-bond acceptors (Lipinski definition) is 5. The number of benzene rings is 1. The van der Waals surface area contributed by atoms with Crippen molar-refractivity contribution in [2.45, 2.75) is 25.3 Å². The second-order valence-corrected chi connectivity index (χ2v) is 7.64. The first-order valence-electron chi connectivity index (χ1n) is 8.17. The summed E-state index contributed by atoms with van der Waals surface area (Å²) in [5.41, 5.74) is 1.27. The SMILES string of the molecule is CSc1ccc(CNC(=O)c2cn(-c3cc(C)on3)c(C)c(Br)c2=O)cc1. The molecule has 0 saturated heterocycles. The lowest BCUT2D eigenvalue weighted by atomic mass is 10.2. The van der Waals surface area contributed by atoms with Gasteiger partial charge in [-0.15, -0.1) is 11.8 Å². The molecule has 2 heterocycles. The van der Waals surface area contributed by atoms with E-state index in [0.29, 0.717) is 28.3 Å². The summed E-state index contributed by atoms with van der Waals surface area (Å²) < 4.78 is 7.08. The number of carbonyl (C=O) groups is 1. The van der Waals surface area contributed by atoms with Crippen LogP contribution in [0, 0.1) is 13.8 Å². The molecule has 0 spiro atoms. The Bertz CT molecular complexity index is 1040. The molecule has 1 amide bonds. The molecule has 0 aliphatic carbocycles. The lowest BCUT2D eigenvalue weighted by Gasteiger charge is -2.12. The maximum absolute atomic E-state index is 12.6. The van der Waals surface area contributed by atoms with Gasteiger partial charge in [0.2, 0.25) is 5.43 Å². The summed E-state index contributed by atoms with van der Waals surface area (Å²) in [6.45, 7) is 3.88. The molecule has 8 heteroatoms. The Labute approximate surface area is 169 Å². The Balaban J connectivity index is 1.87.